The molecule has 2 aromatic rings. The minimum Gasteiger partial charge on any atom is -0.357 e. The number of anilines is 2. The summed E-state index contributed by atoms with van der Waals surface area (Å²) < 4.78 is 26.9. The molecule has 0 spiro atoms. The Morgan fingerprint density at radius 1 is 1.14 bits per heavy atom. The molecule has 2 N–H and O–H groups in total. The summed E-state index contributed by atoms with van der Waals surface area (Å²) in [6.07, 6.45) is 2.39. The van der Waals surface area contributed by atoms with Crippen molar-refractivity contribution in [2.24, 2.45) is 0 Å². The van der Waals surface area contributed by atoms with Crippen molar-refractivity contribution in [1.29, 1.82) is 0 Å². The van der Waals surface area contributed by atoms with Crippen molar-refractivity contribution in [3.63, 3.8) is 0 Å². The highest BCUT2D eigenvalue weighted by Crippen LogP contribution is 2.34. The summed E-state index contributed by atoms with van der Waals surface area (Å²) >= 11 is 12.1. The SMILES string of the molecule is CNc1ncc(S(=O)(=O)Nc2c(Cl)ccc(C)c2Cl)cn1. The van der Waals surface area contributed by atoms with Crippen molar-refractivity contribution in [2.75, 3.05) is 17.1 Å². The highest BCUT2D eigenvalue weighted by molar-refractivity contribution is 7.92. The zero-order valence-corrected chi connectivity index (χ0v) is 13.5. The Labute approximate surface area is 132 Å². The van der Waals surface area contributed by atoms with Crippen molar-refractivity contribution >= 4 is 44.9 Å². The fourth-order valence-corrected chi connectivity index (χ4v) is 3.09. The Bertz CT molecular complexity index is 764. The van der Waals surface area contributed by atoms with E-state index in [0.29, 0.717) is 11.5 Å². The number of nitrogens with zero attached hydrogens (tertiary/aromatic N) is 2. The number of aromatic nitrogens is 2. The lowest BCUT2D eigenvalue weighted by Crippen LogP contribution is -2.15. The smallest absolute Gasteiger partial charge is 0.265 e. The van der Waals surface area contributed by atoms with Crippen LogP contribution in [-0.2, 0) is 10.0 Å². The van der Waals surface area contributed by atoms with Gasteiger partial charge in [-0.15, -0.1) is 0 Å². The molecule has 0 radical (unpaired) electrons. The number of benzene rings is 1. The lowest BCUT2D eigenvalue weighted by Gasteiger charge is -2.12. The van der Waals surface area contributed by atoms with Gasteiger partial charge in [0.05, 0.1) is 28.1 Å². The number of hydrogen-bond acceptors (Lipinski definition) is 5. The molecule has 21 heavy (non-hydrogen) atoms. The first-order chi connectivity index (χ1) is 9.85. The van der Waals surface area contributed by atoms with Crippen LogP contribution in [-0.4, -0.2) is 25.4 Å². The van der Waals surface area contributed by atoms with Gasteiger partial charge in [0.25, 0.3) is 10.0 Å². The molecular weight excluding hydrogens is 335 g/mol. The van der Waals surface area contributed by atoms with Gasteiger partial charge in [-0.25, -0.2) is 18.4 Å². The molecule has 0 saturated heterocycles. The van der Waals surface area contributed by atoms with Gasteiger partial charge in [0.15, 0.2) is 0 Å². The molecular formula is C12H12Cl2N4O2S. The minimum absolute atomic E-state index is 0.0878. The summed E-state index contributed by atoms with van der Waals surface area (Å²) in [5.41, 5.74) is 0.844. The average molecular weight is 347 g/mol. The van der Waals surface area contributed by atoms with Crippen molar-refractivity contribution in [2.45, 2.75) is 11.8 Å². The lowest BCUT2D eigenvalue weighted by molar-refractivity contribution is 0.600. The Morgan fingerprint density at radius 2 is 1.76 bits per heavy atom. The summed E-state index contributed by atoms with van der Waals surface area (Å²) in [6.45, 7) is 1.75. The first-order valence-corrected chi connectivity index (χ1v) is 8.06. The molecule has 0 atom stereocenters. The van der Waals surface area contributed by atoms with Gasteiger partial charge in [-0.1, -0.05) is 29.3 Å². The van der Waals surface area contributed by atoms with Gasteiger partial charge in [-0.3, -0.25) is 4.72 Å². The number of hydrogen-bond donors (Lipinski definition) is 2. The average Bonchev–Trinajstić information content (AvgIpc) is 2.48. The molecule has 0 aliphatic carbocycles. The standard InChI is InChI=1S/C12H12Cl2N4O2S/c1-7-3-4-9(13)11(10(7)14)18-21(19,20)8-5-16-12(15-2)17-6-8/h3-6,18H,1-2H3,(H,15,16,17). The molecule has 6 nitrogen and oxygen atoms in total. The van der Waals surface area contributed by atoms with Crippen LogP contribution in [0.2, 0.25) is 10.0 Å². The fraction of sp³-hybridized carbons (Fsp3) is 0.167. The van der Waals surface area contributed by atoms with Gasteiger partial charge >= 0.3 is 0 Å². The molecule has 0 unspecified atom stereocenters. The van der Waals surface area contributed by atoms with E-state index in [1.165, 1.54) is 12.4 Å². The van der Waals surface area contributed by atoms with E-state index in [0.717, 1.165) is 0 Å². The third-order valence-corrected chi connectivity index (χ3v) is 4.79. The summed E-state index contributed by atoms with van der Waals surface area (Å²) in [4.78, 5) is 7.63. The zero-order chi connectivity index (χ0) is 15.6. The van der Waals surface area contributed by atoms with Gasteiger partial charge in [-0.2, -0.15) is 0 Å². The maximum atomic E-state index is 12.3. The van der Waals surface area contributed by atoms with Crippen LogP contribution in [0, 0.1) is 6.92 Å². The van der Waals surface area contributed by atoms with Gasteiger partial charge in [0.1, 0.15) is 4.90 Å². The summed E-state index contributed by atoms with van der Waals surface area (Å²) in [6, 6.07) is 3.27. The number of rotatable bonds is 4. The second kappa shape index (κ2) is 6.05. The predicted molar refractivity (Wildman–Crippen MR) is 83.6 cm³/mol. The first kappa shape index (κ1) is 15.8. The Morgan fingerprint density at radius 3 is 2.33 bits per heavy atom. The monoisotopic (exact) mass is 346 g/mol. The van der Waals surface area contributed by atoms with E-state index >= 15 is 0 Å². The lowest BCUT2D eigenvalue weighted by atomic mass is 10.2. The summed E-state index contributed by atoms with van der Waals surface area (Å²) in [7, 11) is -2.24. The maximum Gasteiger partial charge on any atom is 0.265 e. The van der Waals surface area contributed by atoms with E-state index in [1.807, 2.05) is 0 Å². The van der Waals surface area contributed by atoms with Crippen LogP contribution >= 0.6 is 23.2 Å². The van der Waals surface area contributed by atoms with Crippen LogP contribution in [0.4, 0.5) is 11.6 Å². The van der Waals surface area contributed by atoms with Crippen molar-refractivity contribution in [3.05, 3.63) is 40.1 Å². The maximum absolute atomic E-state index is 12.3. The third-order valence-electron chi connectivity index (χ3n) is 2.68. The summed E-state index contributed by atoms with van der Waals surface area (Å²) in [5, 5.41) is 3.16. The van der Waals surface area contributed by atoms with E-state index < -0.39 is 10.0 Å². The van der Waals surface area contributed by atoms with Crippen LogP contribution in [0.15, 0.2) is 29.4 Å². The minimum atomic E-state index is -3.87. The Kier molecular flexibility index (Phi) is 4.55. The largest absolute Gasteiger partial charge is 0.357 e. The third kappa shape index (κ3) is 3.37. The topological polar surface area (TPSA) is 84.0 Å². The molecule has 0 fully saturated rings. The van der Waals surface area contributed by atoms with Gasteiger partial charge < -0.3 is 5.32 Å². The normalized spacial score (nSPS) is 11.2. The van der Waals surface area contributed by atoms with E-state index in [1.54, 1.807) is 26.1 Å². The molecule has 1 aromatic heterocycles. The van der Waals surface area contributed by atoms with Crippen LogP contribution in [0.25, 0.3) is 0 Å². The van der Waals surface area contributed by atoms with Crippen LogP contribution in [0.5, 0.6) is 0 Å². The highest BCUT2D eigenvalue weighted by atomic mass is 35.5. The molecule has 2 rings (SSSR count). The Balaban J connectivity index is 2.39. The van der Waals surface area contributed by atoms with Gasteiger partial charge in [-0.05, 0) is 18.6 Å². The fourth-order valence-electron chi connectivity index (χ4n) is 1.53. The van der Waals surface area contributed by atoms with Crippen molar-refractivity contribution < 1.29 is 8.42 Å². The van der Waals surface area contributed by atoms with Crippen molar-refractivity contribution in [1.82, 2.24) is 9.97 Å². The molecule has 0 bridgehead atoms. The van der Waals surface area contributed by atoms with Gasteiger partial charge in [0.2, 0.25) is 5.95 Å². The van der Waals surface area contributed by atoms with Gasteiger partial charge in [0, 0.05) is 7.05 Å². The summed E-state index contributed by atoms with van der Waals surface area (Å²) in [5.74, 6) is 0.320. The number of halogens is 2. The second-order valence-electron chi connectivity index (χ2n) is 4.15. The molecule has 0 saturated carbocycles. The number of aryl methyl sites for hydroxylation is 1. The Hall–Kier alpha value is -1.57. The number of nitrogens with one attached hydrogen (secondary N) is 2. The molecule has 9 heteroatoms. The van der Waals surface area contributed by atoms with E-state index in [-0.39, 0.29) is 20.6 Å². The van der Waals surface area contributed by atoms with Crippen LogP contribution < -0.4 is 10.0 Å². The predicted octanol–water partition coefficient (Wildman–Crippen LogP) is 2.93. The zero-order valence-electron chi connectivity index (χ0n) is 11.2. The van der Waals surface area contributed by atoms with Crippen molar-refractivity contribution in [3.8, 4) is 0 Å². The van der Waals surface area contributed by atoms with E-state index in [9.17, 15) is 8.42 Å². The molecule has 1 heterocycles. The molecule has 0 aliphatic rings. The quantitative estimate of drug-likeness (QED) is 0.888. The second-order valence-corrected chi connectivity index (χ2v) is 6.62. The number of sulfonamides is 1. The molecule has 0 amide bonds. The highest BCUT2D eigenvalue weighted by Gasteiger charge is 2.19. The molecule has 1 aromatic carbocycles. The van der Waals surface area contributed by atoms with E-state index in [4.69, 9.17) is 23.2 Å². The van der Waals surface area contributed by atoms with E-state index in [2.05, 4.69) is 20.0 Å². The van der Waals surface area contributed by atoms with Crippen LogP contribution in [0.1, 0.15) is 5.56 Å². The first-order valence-electron chi connectivity index (χ1n) is 5.82. The molecule has 112 valence electrons. The molecule has 0 aliphatic heterocycles. The van der Waals surface area contributed by atoms with Crippen LogP contribution in [0.3, 0.4) is 0 Å².